The van der Waals surface area contributed by atoms with E-state index in [9.17, 15) is 21.6 Å². The summed E-state index contributed by atoms with van der Waals surface area (Å²) in [5, 5.41) is 2.97. The van der Waals surface area contributed by atoms with E-state index in [0.717, 1.165) is 51.5 Å². The van der Waals surface area contributed by atoms with Crippen LogP contribution in [0.2, 0.25) is 0 Å². The Bertz CT molecular complexity index is 1320. The molecule has 3 aliphatic rings. The Morgan fingerprint density at radius 2 is 1.76 bits per heavy atom. The number of nitrogens with zero attached hydrogens (tertiary/aromatic N) is 3. The predicted molar refractivity (Wildman–Crippen MR) is 134 cm³/mol. The number of aryl methyl sites for hydroxylation is 1. The molecule has 12 heteroatoms. The molecule has 0 radical (unpaired) electrons. The van der Waals surface area contributed by atoms with E-state index in [2.05, 4.69) is 24.8 Å². The number of allylic oxidation sites excluding steroid dienone is 2. The molecule has 5 rings (SSSR count). The second-order valence-electron chi connectivity index (χ2n) is 9.28. The average Bonchev–Trinajstić information content (AvgIpc) is 2.83. The van der Waals surface area contributed by atoms with Crippen molar-refractivity contribution < 1.29 is 26.3 Å². The first-order valence-corrected chi connectivity index (χ1v) is 13.5. The third-order valence-electron chi connectivity index (χ3n) is 6.84. The summed E-state index contributed by atoms with van der Waals surface area (Å²) < 4.78 is 75.2. The SMILES string of the molecule is Cc1ccccc1-c1nc(NS(=O)(=O)C2=CC=CC(N3CCN(C4COC4)CC3)N2)ccc1C(F)(F)F. The highest BCUT2D eigenvalue weighted by atomic mass is 32.2. The molecule has 1 aromatic heterocycles. The van der Waals surface area contributed by atoms with Crippen LogP contribution in [0.1, 0.15) is 11.1 Å². The van der Waals surface area contributed by atoms with Crippen molar-refractivity contribution in [3.63, 3.8) is 0 Å². The van der Waals surface area contributed by atoms with Gasteiger partial charge in [0.15, 0.2) is 5.03 Å². The van der Waals surface area contributed by atoms with Crippen LogP contribution < -0.4 is 10.0 Å². The summed E-state index contributed by atoms with van der Waals surface area (Å²) >= 11 is 0. The Balaban J connectivity index is 1.32. The molecule has 4 heterocycles. The van der Waals surface area contributed by atoms with Crippen molar-refractivity contribution in [3.05, 3.63) is 70.8 Å². The minimum atomic E-state index is -4.65. The maximum Gasteiger partial charge on any atom is 0.418 e. The number of halogens is 3. The zero-order chi connectivity index (χ0) is 26.2. The van der Waals surface area contributed by atoms with E-state index in [1.807, 2.05) is 6.08 Å². The van der Waals surface area contributed by atoms with Crippen molar-refractivity contribution in [2.45, 2.75) is 25.3 Å². The zero-order valence-electron chi connectivity index (χ0n) is 20.2. The van der Waals surface area contributed by atoms with Crippen LogP contribution in [0, 0.1) is 6.92 Å². The van der Waals surface area contributed by atoms with E-state index in [1.165, 1.54) is 12.1 Å². The third kappa shape index (κ3) is 5.52. The van der Waals surface area contributed by atoms with Gasteiger partial charge in [0.1, 0.15) is 5.82 Å². The molecule has 0 amide bonds. The molecule has 2 saturated heterocycles. The number of ether oxygens (including phenoxy) is 1. The van der Waals surface area contributed by atoms with Crippen molar-refractivity contribution in [1.29, 1.82) is 0 Å². The molecule has 2 fully saturated rings. The van der Waals surface area contributed by atoms with Crippen LogP contribution in [-0.2, 0) is 20.9 Å². The van der Waals surface area contributed by atoms with E-state index in [1.54, 1.807) is 31.2 Å². The second-order valence-corrected chi connectivity index (χ2v) is 10.9. The van der Waals surface area contributed by atoms with Gasteiger partial charge in [0.05, 0.1) is 36.7 Å². The minimum absolute atomic E-state index is 0.0750. The highest BCUT2D eigenvalue weighted by molar-refractivity contribution is 7.96. The lowest BCUT2D eigenvalue weighted by Crippen LogP contribution is -2.60. The smallest absolute Gasteiger partial charge is 0.378 e. The third-order valence-corrected chi connectivity index (χ3v) is 8.15. The highest BCUT2D eigenvalue weighted by Crippen LogP contribution is 2.38. The van der Waals surface area contributed by atoms with Gasteiger partial charge in [-0.3, -0.25) is 14.5 Å². The van der Waals surface area contributed by atoms with E-state index in [4.69, 9.17) is 4.74 Å². The predicted octanol–water partition coefficient (Wildman–Crippen LogP) is 3.16. The number of hydrogen-bond acceptors (Lipinski definition) is 7. The van der Waals surface area contributed by atoms with Gasteiger partial charge in [-0.25, -0.2) is 4.98 Å². The van der Waals surface area contributed by atoms with E-state index >= 15 is 0 Å². The normalized spacial score (nSPS) is 21.7. The maximum atomic E-state index is 13.7. The maximum absolute atomic E-state index is 13.7. The summed E-state index contributed by atoms with van der Waals surface area (Å²) in [7, 11) is -4.13. The van der Waals surface area contributed by atoms with Crippen LogP contribution in [0.15, 0.2) is 59.7 Å². The van der Waals surface area contributed by atoms with Crippen LogP contribution >= 0.6 is 0 Å². The van der Waals surface area contributed by atoms with Crippen molar-refractivity contribution in [3.8, 4) is 11.3 Å². The van der Waals surface area contributed by atoms with Crippen molar-refractivity contribution in [2.75, 3.05) is 44.1 Å². The molecule has 198 valence electrons. The fourth-order valence-corrected chi connectivity index (χ4v) is 5.70. The summed E-state index contributed by atoms with van der Waals surface area (Å²) in [6.07, 6.45) is 0.00436. The first kappa shape index (κ1) is 25.7. The molecular formula is C25H28F3N5O3S. The molecule has 3 aliphatic heterocycles. The van der Waals surface area contributed by atoms with Gasteiger partial charge in [0, 0.05) is 31.7 Å². The van der Waals surface area contributed by atoms with Crippen molar-refractivity contribution >= 4 is 15.8 Å². The molecule has 1 atom stereocenters. The number of dihydropyridines is 1. The lowest BCUT2D eigenvalue weighted by Gasteiger charge is -2.44. The van der Waals surface area contributed by atoms with Crippen molar-refractivity contribution in [1.82, 2.24) is 20.1 Å². The quantitative estimate of drug-likeness (QED) is 0.588. The molecule has 8 nitrogen and oxygen atoms in total. The molecule has 0 bridgehead atoms. The van der Waals surface area contributed by atoms with Crippen LogP contribution in [0.4, 0.5) is 19.0 Å². The molecule has 1 unspecified atom stereocenters. The number of sulfonamides is 1. The van der Waals surface area contributed by atoms with Gasteiger partial charge in [0.2, 0.25) is 0 Å². The summed E-state index contributed by atoms with van der Waals surface area (Å²) in [5.74, 6) is -0.198. The number of anilines is 1. The minimum Gasteiger partial charge on any atom is -0.378 e. The number of hydrogen-bond donors (Lipinski definition) is 2. The fourth-order valence-electron chi connectivity index (χ4n) is 4.67. The standard InChI is InChI=1S/C25H28F3N5O3S/c1-17-5-2-3-6-19(17)24-20(25(26,27)28)9-10-21(29-24)31-37(34,35)23-8-4-7-22(30-23)33-13-11-32(12-14-33)18-15-36-16-18/h2-10,18,22,30H,11-16H2,1H3,(H,29,31). The van der Waals surface area contributed by atoms with Crippen molar-refractivity contribution in [2.24, 2.45) is 0 Å². The Morgan fingerprint density at radius 1 is 1.05 bits per heavy atom. The summed E-state index contributed by atoms with van der Waals surface area (Å²) in [6.45, 7) is 6.43. The first-order chi connectivity index (χ1) is 17.6. The molecule has 2 N–H and O–H groups in total. The van der Waals surface area contributed by atoms with Gasteiger partial charge in [-0.15, -0.1) is 0 Å². The van der Waals surface area contributed by atoms with Gasteiger partial charge in [0.25, 0.3) is 10.0 Å². The monoisotopic (exact) mass is 535 g/mol. The van der Waals surface area contributed by atoms with Gasteiger partial charge >= 0.3 is 6.18 Å². The fraction of sp³-hybridized carbons (Fsp3) is 0.400. The molecule has 1 aromatic carbocycles. The van der Waals surface area contributed by atoms with Gasteiger partial charge < -0.3 is 10.1 Å². The number of pyridine rings is 1. The Hall–Kier alpha value is -2.93. The summed E-state index contributed by atoms with van der Waals surface area (Å²) in [4.78, 5) is 8.62. The molecule has 2 aromatic rings. The zero-order valence-corrected chi connectivity index (χ0v) is 21.0. The number of benzene rings is 1. The Labute approximate surface area is 213 Å². The lowest BCUT2D eigenvalue weighted by molar-refractivity contribution is -0.137. The number of piperazine rings is 1. The first-order valence-electron chi connectivity index (χ1n) is 12.0. The van der Waals surface area contributed by atoms with E-state index < -0.39 is 21.8 Å². The van der Waals surface area contributed by atoms with Crippen LogP contribution in [0.5, 0.6) is 0 Å². The molecule has 0 aliphatic carbocycles. The molecule has 0 saturated carbocycles. The summed E-state index contributed by atoms with van der Waals surface area (Å²) in [6, 6.07) is 8.88. The average molecular weight is 536 g/mol. The largest absolute Gasteiger partial charge is 0.418 e. The van der Waals surface area contributed by atoms with Crippen LogP contribution in [0.3, 0.4) is 0 Å². The topological polar surface area (TPSA) is 86.8 Å². The van der Waals surface area contributed by atoms with E-state index in [-0.39, 0.29) is 28.3 Å². The van der Waals surface area contributed by atoms with Gasteiger partial charge in [-0.05, 0) is 36.8 Å². The Morgan fingerprint density at radius 3 is 2.41 bits per heavy atom. The van der Waals surface area contributed by atoms with Gasteiger partial charge in [-0.2, -0.15) is 21.6 Å². The highest BCUT2D eigenvalue weighted by Gasteiger charge is 2.36. The van der Waals surface area contributed by atoms with Gasteiger partial charge in [-0.1, -0.05) is 30.3 Å². The Kier molecular flexibility index (Phi) is 7.01. The second kappa shape index (κ2) is 10.1. The number of rotatable bonds is 6. The number of nitrogens with one attached hydrogen (secondary N) is 2. The molecule has 0 spiro atoms. The number of alkyl halides is 3. The molecule has 37 heavy (non-hydrogen) atoms. The van der Waals surface area contributed by atoms with Crippen LogP contribution in [-0.4, -0.2) is 74.8 Å². The van der Waals surface area contributed by atoms with Crippen LogP contribution in [0.25, 0.3) is 11.3 Å². The van der Waals surface area contributed by atoms with E-state index in [0.29, 0.717) is 11.6 Å². The lowest BCUT2D eigenvalue weighted by atomic mass is 10.0. The number of aromatic nitrogens is 1. The summed E-state index contributed by atoms with van der Waals surface area (Å²) in [5.41, 5.74) is -0.393. The molecular weight excluding hydrogens is 507 g/mol.